The number of rotatable bonds is 9. The van der Waals surface area contributed by atoms with E-state index in [1.54, 1.807) is 29.1 Å². The largest absolute Gasteiger partial charge is 0.388 e. The Labute approximate surface area is 252 Å². The van der Waals surface area contributed by atoms with Crippen molar-refractivity contribution in [1.29, 1.82) is 0 Å². The van der Waals surface area contributed by atoms with Crippen molar-refractivity contribution in [3.8, 4) is 21.7 Å². The fourth-order valence-corrected chi connectivity index (χ4v) is 6.62. The van der Waals surface area contributed by atoms with Crippen LogP contribution in [0.5, 0.6) is 0 Å². The van der Waals surface area contributed by atoms with Crippen LogP contribution in [0.25, 0.3) is 32.7 Å². The van der Waals surface area contributed by atoms with E-state index in [2.05, 4.69) is 31.7 Å². The topological polar surface area (TPSA) is 105 Å². The molecule has 11 heteroatoms. The molecule has 0 bridgehead atoms. The third kappa shape index (κ3) is 6.01. The summed E-state index contributed by atoms with van der Waals surface area (Å²) in [6.07, 6.45) is 3.04. The summed E-state index contributed by atoms with van der Waals surface area (Å²) in [4.78, 5) is 31.8. The maximum atomic E-state index is 15.0. The van der Waals surface area contributed by atoms with E-state index in [4.69, 9.17) is 0 Å². The molecule has 5 aromatic rings. The van der Waals surface area contributed by atoms with Crippen LogP contribution in [0.1, 0.15) is 29.5 Å². The van der Waals surface area contributed by atoms with Gasteiger partial charge in [-0.15, -0.1) is 11.3 Å². The molecule has 222 valence electrons. The number of carbonyl (C=O) groups excluding carboxylic acids is 1. The summed E-state index contributed by atoms with van der Waals surface area (Å²) < 4.78 is 18.1. The highest BCUT2D eigenvalue weighted by Gasteiger charge is 2.33. The summed E-state index contributed by atoms with van der Waals surface area (Å²) in [5.41, 5.74) is 4.53. The number of hydrogen-bond donors (Lipinski definition) is 2. The number of nitrogens with zero attached hydrogens (tertiary/aromatic N) is 5. The van der Waals surface area contributed by atoms with Gasteiger partial charge in [0.1, 0.15) is 11.3 Å². The van der Waals surface area contributed by atoms with Crippen molar-refractivity contribution in [3.05, 3.63) is 93.1 Å². The molecule has 0 atom stereocenters. The third-order valence-corrected chi connectivity index (χ3v) is 9.24. The lowest BCUT2D eigenvalue weighted by atomic mass is 9.91. The lowest BCUT2D eigenvalue weighted by Gasteiger charge is -2.38. The fraction of sp³-hybridized carbons (Fsp3) is 0.312. The van der Waals surface area contributed by atoms with Gasteiger partial charge in [0.05, 0.1) is 24.2 Å². The predicted octanol–water partition coefficient (Wildman–Crippen LogP) is 4.25. The number of amides is 1. The molecule has 1 saturated heterocycles. The first-order chi connectivity index (χ1) is 20.7. The molecule has 2 N–H and O–H groups in total. The smallest absolute Gasteiger partial charge is 0.281 e. The van der Waals surface area contributed by atoms with Crippen molar-refractivity contribution in [3.63, 3.8) is 0 Å². The maximum Gasteiger partial charge on any atom is 0.281 e. The average Bonchev–Trinajstić information content (AvgIpc) is 3.59. The number of halogens is 1. The maximum absolute atomic E-state index is 15.0. The molecule has 9 nitrogen and oxygen atoms in total. The first-order valence-electron chi connectivity index (χ1n) is 14.2. The number of likely N-dealkylation sites (tertiary alicyclic amines) is 1. The van der Waals surface area contributed by atoms with E-state index >= 15 is 0 Å². The Bertz CT molecular complexity index is 1840. The number of aliphatic hydroxyl groups is 1. The summed E-state index contributed by atoms with van der Waals surface area (Å²) in [5.74, 6) is -0.226. The van der Waals surface area contributed by atoms with E-state index in [9.17, 15) is 19.1 Å². The molecule has 6 rings (SSSR count). The molecule has 0 saturated carbocycles. The summed E-state index contributed by atoms with van der Waals surface area (Å²) in [6.45, 7) is 4.19. The van der Waals surface area contributed by atoms with Crippen LogP contribution >= 0.6 is 11.3 Å². The Morgan fingerprint density at radius 3 is 2.51 bits per heavy atom. The molecular weight excluding hydrogens is 567 g/mol. The number of aryl methyl sites for hydroxylation is 2. The first-order valence-corrected chi connectivity index (χ1v) is 15.1. The van der Waals surface area contributed by atoms with E-state index in [1.165, 1.54) is 16.5 Å². The number of carbonyl (C=O) groups is 1. The number of aromatic nitrogens is 4. The van der Waals surface area contributed by atoms with Gasteiger partial charge < -0.3 is 10.4 Å². The molecule has 1 aliphatic heterocycles. The van der Waals surface area contributed by atoms with E-state index in [-0.39, 0.29) is 23.4 Å². The molecule has 43 heavy (non-hydrogen) atoms. The number of benzene rings is 2. The standard InChI is InChI=1S/C32H33FN6O3S/c1-21-13-27(43-17-21)24-7-8-25(26(33)14-24)16-38-11-9-32(42,10-12-38)18-39-19-35-28-29(31(39)41)36-37(2)30(28)23-5-3-22(4-6-23)15-34-20-40/h3-8,13-14,17,19-20,42H,9-12,15-16,18H2,1-2H3,(H,34,40). The molecule has 0 radical (unpaired) electrons. The van der Waals surface area contributed by atoms with Crippen molar-refractivity contribution >= 4 is 28.8 Å². The van der Waals surface area contributed by atoms with Crippen molar-refractivity contribution in [2.45, 2.75) is 45.0 Å². The monoisotopic (exact) mass is 600 g/mol. The van der Waals surface area contributed by atoms with Crippen molar-refractivity contribution < 1.29 is 14.3 Å². The van der Waals surface area contributed by atoms with E-state index < -0.39 is 5.60 Å². The Kier molecular flexibility index (Phi) is 7.95. The second kappa shape index (κ2) is 11.8. The molecule has 0 aliphatic carbocycles. The Morgan fingerprint density at radius 2 is 1.84 bits per heavy atom. The van der Waals surface area contributed by atoms with E-state index in [1.807, 2.05) is 43.3 Å². The number of fused-ring (bicyclic) bond motifs is 1. The summed E-state index contributed by atoms with van der Waals surface area (Å²) >= 11 is 1.61. The first kappa shape index (κ1) is 28.9. The van der Waals surface area contributed by atoms with Crippen LogP contribution in [-0.4, -0.2) is 54.4 Å². The number of piperidine rings is 1. The van der Waals surface area contributed by atoms with Crippen molar-refractivity contribution in [2.24, 2.45) is 7.05 Å². The zero-order chi connectivity index (χ0) is 30.1. The van der Waals surface area contributed by atoms with Gasteiger partial charge in [-0.1, -0.05) is 36.4 Å². The van der Waals surface area contributed by atoms with Gasteiger partial charge in [-0.3, -0.25) is 23.7 Å². The molecule has 3 aromatic heterocycles. The minimum Gasteiger partial charge on any atom is -0.388 e. The predicted molar refractivity (Wildman–Crippen MR) is 165 cm³/mol. The second-order valence-corrected chi connectivity index (χ2v) is 12.2. The van der Waals surface area contributed by atoms with Gasteiger partial charge in [0.15, 0.2) is 5.52 Å². The zero-order valence-electron chi connectivity index (χ0n) is 24.1. The highest BCUT2D eigenvalue weighted by Crippen LogP contribution is 2.30. The molecule has 1 aliphatic rings. The van der Waals surface area contributed by atoms with Crippen LogP contribution in [0.3, 0.4) is 0 Å². The Morgan fingerprint density at radius 1 is 1.09 bits per heavy atom. The molecule has 1 fully saturated rings. The lowest BCUT2D eigenvalue weighted by Crippen LogP contribution is -2.47. The van der Waals surface area contributed by atoms with Crippen LogP contribution in [0.2, 0.25) is 0 Å². The minimum absolute atomic E-state index is 0.107. The average molecular weight is 601 g/mol. The van der Waals surface area contributed by atoms with Crippen molar-refractivity contribution in [2.75, 3.05) is 13.1 Å². The van der Waals surface area contributed by atoms with Crippen LogP contribution < -0.4 is 10.9 Å². The molecule has 1 amide bonds. The van der Waals surface area contributed by atoms with Gasteiger partial charge in [0.2, 0.25) is 6.41 Å². The minimum atomic E-state index is -1.09. The number of hydrogen-bond acceptors (Lipinski definition) is 7. The van der Waals surface area contributed by atoms with Gasteiger partial charge in [-0.2, -0.15) is 5.10 Å². The quantitative estimate of drug-likeness (QED) is 0.245. The Hall–Kier alpha value is -4.19. The number of nitrogens with one attached hydrogen (secondary N) is 1. The summed E-state index contributed by atoms with van der Waals surface area (Å²) in [5, 5.41) is 20.6. The fourth-order valence-electron chi connectivity index (χ4n) is 5.73. The van der Waals surface area contributed by atoms with Crippen LogP contribution in [-0.2, 0) is 31.5 Å². The molecule has 2 aromatic carbocycles. The molecule has 0 unspecified atom stereocenters. The molecule has 4 heterocycles. The second-order valence-electron chi connectivity index (χ2n) is 11.3. The molecule has 0 spiro atoms. The van der Waals surface area contributed by atoms with Crippen LogP contribution in [0.4, 0.5) is 4.39 Å². The van der Waals surface area contributed by atoms with Crippen LogP contribution in [0.15, 0.2) is 65.0 Å². The van der Waals surface area contributed by atoms with E-state index in [0.717, 1.165) is 21.6 Å². The zero-order valence-corrected chi connectivity index (χ0v) is 24.9. The Balaban J connectivity index is 1.13. The van der Waals surface area contributed by atoms with Crippen LogP contribution in [0, 0.1) is 12.7 Å². The highest BCUT2D eigenvalue weighted by atomic mass is 32.1. The van der Waals surface area contributed by atoms with Crippen molar-refractivity contribution in [1.82, 2.24) is 29.5 Å². The van der Waals surface area contributed by atoms with E-state index in [0.29, 0.717) is 62.2 Å². The summed E-state index contributed by atoms with van der Waals surface area (Å²) in [7, 11) is 1.77. The number of thiophene rings is 1. The van der Waals surface area contributed by atoms with Gasteiger partial charge in [-0.25, -0.2) is 9.37 Å². The third-order valence-electron chi connectivity index (χ3n) is 8.14. The van der Waals surface area contributed by atoms with Gasteiger partial charge in [0.25, 0.3) is 5.56 Å². The van der Waals surface area contributed by atoms with Gasteiger partial charge in [0, 0.05) is 49.2 Å². The lowest BCUT2D eigenvalue weighted by molar-refractivity contribution is -0.109. The normalized spacial score (nSPS) is 15.2. The SMILES string of the molecule is Cc1csc(-c2ccc(CN3CCC(O)(Cn4cnc5c(-c6ccc(CNC=O)cc6)n(C)nc5c4=O)CC3)c(F)c2)c1. The molecular formula is C32H33FN6O3S. The summed E-state index contributed by atoms with van der Waals surface area (Å²) in [6, 6.07) is 15.1. The van der Waals surface area contributed by atoms with Gasteiger partial charge in [-0.05, 0) is 54.0 Å². The highest BCUT2D eigenvalue weighted by molar-refractivity contribution is 7.13. The van der Waals surface area contributed by atoms with Gasteiger partial charge >= 0.3 is 0 Å².